The van der Waals surface area contributed by atoms with Crippen molar-refractivity contribution in [2.75, 3.05) is 20.2 Å². The van der Waals surface area contributed by atoms with Gasteiger partial charge in [0.1, 0.15) is 0 Å². The summed E-state index contributed by atoms with van der Waals surface area (Å²) in [5.74, 6) is -1.34. The van der Waals surface area contributed by atoms with Crippen molar-refractivity contribution in [2.45, 2.75) is 45.3 Å². The van der Waals surface area contributed by atoms with Crippen molar-refractivity contribution < 1.29 is 18.3 Å². The van der Waals surface area contributed by atoms with E-state index in [0.29, 0.717) is 36.2 Å². The molecule has 124 valence electrons. The maximum atomic E-state index is 13.3. The molecule has 2 rings (SSSR count). The van der Waals surface area contributed by atoms with Crippen LogP contribution in [0.1, 0.15) is 32.3 Å². The number of likely N-dealkylation sites (tertiary alicyclic amines) is 1. The van der Waals surface area contributed by atoms with Gasteiger partial charge in [-0.15, -0.1) is 0 Å². The molecule has 6 heteroatoms. The van der Waals surface area contributed by atoms with Gasteiger partial charge in [0.25, 0.3) is 5.92 Å². The Morgan fingerprint density at radius 1 is 1.27 bits per heavy atom. The summed E-state index contributed by atoms with van der Waals surface area (Å²) in [5, 5.41) is 0.547. The van der Waals surface area contributed by atoms with Crippen molar-refractivity contribution in [1.82, 2.24) is 4.90 Å². The third-order valence-electron chi connectivity index (χ3n) is 3.65. The third kappa shape index (κ3) is 4.46. The van der Waals surface area contributed by atoms with E-state index >= 15 is 0 Å². The predicted octanol–water partition coefficient (Wildman–Crippen LogP) is 4.37. The van der Waals surface area contributed by atoms with E-state index in [4.69, 9.17) is 21.1 Å². The molecule has 1 aliphatic rings. The van der Waals surface area contributed by atoms with Crippen LogP contribution in [0.5, 0.6) is 11.5 Å². The number of rotatable bonds is 5. The van der Waals surface area contributed by atoms with Crippen LogP contribution >= 0.6 is 11.6 Å². The quantitative estimate of drug-likeness (QED) is 0.798. The molecule has 0 radical (unpaired) electrons. The van der Waals surface area contributed by atoms with E-state index in [0.717, 1.165) is 5.56 Å². The molecule has 0 amide bonds. The zero-order chi connectivity index (χ0) is 16.3. The highest BCUT2D eigenvalue weighted by atomic mass is 35.5. The molecule has 0 bridgehead atoms. The van der Waals surface area contributed by atoms with Crippen LogP contribution < -0.4 is 9.47 Å². The fraction of sp³-hybridized carbons (Fsp3) is 0.625. The molecule has 1 heterocycles. The molecule has 0 aromatic heterocycles. The Morgan fingerprint density at radius 3 is 2.45 bits per heavy atom. The molecule has 0 atom stereocenters. The second kappa shape index (κ2) is 7.01. The molecule has 3 nitrogen and oxygen atoms in total. The number of benzene rings is 1. The van der Waals surface area contributed by atoms with E-state index in [1.54, 1.807) is 13.2 Å². The molecular weight excluding hydrogens is 312 g/mol. The van der Waals surface area contributed by atoms with Crippen LogP contribution in [0.3, 0.4) is 0 Å². The fourth-order valence-electron chi connectivity index (χ4n) is 2.54. The van der Waals surface area contributed by atoms with Crippen LogP contribution in [0.4, 0.5) is 8.78 Å². The Kier molecular flexibility index (Phi) is 5.50. The van der Waals surface area contributed by atoms with Gasteiger partial charge in [0, 0.05) is 49.1 Å². The van der Waals surface area contributed by atoms with Crippen molar-refractivity contribution in [3.05, 3.63) is 22.7 Å². The first-order valence-electron chi connectivity index (χ1n) is 7.44. The molecule has 0 spiro atoms. The molecule has 0 aliphatic carbocycles. The summed E-state index contributed by atoms with van der Waals surface area (Å²) in [6.07, 6.45) is -0.226. The lowest BCUT2D eigenvalue weighted by atomic mass is 10.1. The maximum Gasteiger partial charge on any atom is 0.250 e. The molecule has 0 unspecified atom stereocenters. The Labute approximate surface area is 135 Å². The number of piperidine rings is 1. The van der Waals surface area contributed by atoms with E-state index in [2.05, 4.69) is 0 Å². The predicted molar refractivity (Wildman–Crippen MR) is 83.2 cm³/mol. The Balaban J connectivity index is 2.20. The first kappa shape index (κ1) is 17.3. The summed E-state index contributed by atoms with van der Waals surface area (Å²) in [5.41, 5.74) is 0.864. The van der Waals surface area contributed by atoms with Crippen LogP contribution in [0.2, 0.25) is 5.02 Å². The van der Waals surface area contributed by atoms with Gasteiger partial charge in [-0.1, -0.05) is 11.6 Å². The average molecular weight is 334 g/mol. The monoisotopic (exact) mass is 333 g/mol. The zero-order valence-electron chi connectivity index (χ0n) is 13.2. The molecule has 1 fully saturated rings. The largest absolute Gasteiger partial charge is 0.493 e. The van der Waals surface area contributed by atoms with Crippen molar-refractivity contribution in [3.8, 4) is 11.5 Å². The molecule has 1 aromatic rings. The van der Waals surface area contributed by atoms with Gasteiger partial charge < -0.3 is 9.47 Å². The molecule has 1 saturated heterocycles. The average Bonchev–Trinajstić information content (AvgIpc) is 2.43. The van der Waals surface area contributed by atoms with Crippen LogP contribution in [0.25, 0.3) is 0 Å². The molecule has 1 aliphatic heterocycles. The first-order chi connectivity index (χ1) is 10.3. The minimum atomic E-state index is -2.54. The number of ether oxygens (including phenoxy) is 2. The minimum Gasteiger partial charge on any atom is -0.493 e. The van der Waals surface area contributed by atoms with Gasteiger partial charge >= 0.3 is 0 Å². The number of alkyl halides is 2. The second-order valence-corrected chi connectivity index (χ2v) is 6.33. The van der Waals surface area contributed by atoms with E-state index in [-0.39, 0.29) is 18.9 Å². The Hall–Kier alpha value is -1.07. The molecule has 22 heavy (non-hydrogen) atoms. The Bertz CT molecular complexity index is 513. The number of methoxy groups -OCH3 is 1. The second-order valence-electron chi connectivity index (χ2n) is 5.90. The number of halogens is 3. The molecule has 0 N–H and O–H groups in total. The van der Waals surface area contributed by atoms with Crippen molar-refractivity contribution >= 4 is 11.6 Å². The van der Waals surface area contributed by atoms with Crippen LogP contribution in [0.15, 0.2) is 12.1 Å². The minimum absolute atomic E-state index is 0.0143. The van der Waals surface area contributed by atoms with Crippen molar-refractivity contribution in [2.24, 2.45) is 0 Å². The van der Waals surface area contributed by atoms with E-state index in [1.807, 2.05) is 24.8 Å². The molecule has 1 aromatic carbocycles. The highest BCUT2D eigenvalue weighted by Gasteiger charge is 2.34. The first-order valence-corrected chi connectivity index (χ1v) is 7.82. The summed E-state index contributed by atoms with van der Waals surface area (Å²) in [6, 6.07) is 3.52. The lowest BCUT2D eigenvalue weighted by Gasteiger charge is -2.32. The van der Waals surface area contributed by atoms with E-state index < -0.39 is 5.92 Å². The van der Waals surface area contributed by atoms with Crippen LogP contribution in [-0.2, 0) is 6.54 Å². The van der Waals surface area contributed by atoms with E-state index in [1.165, 1.54) is 0 Å². The summed E-state index contributed by atoms with van der Waals surface area (Å²) < 4.78 is 37.7. The fourth-order valence-corrected chi connectivity index (χ4v) is 2.77. The normalized spacial score (nSPS) is 18.5. The van der Waals surface area contributed by atoms with Gasteiger partial charge in [0.05, 0.1) is 13.2 Å². The summed E-state index contributed by atoms with van der Waals surface area (Å²) in [4.78, 5) is 2.00. The van der Waals surface area contributed by atoms with Gasteiger partial charge in [-0.3, -0.25) is 4.90 Å². The standard InChI is InChI=1S/C16H22ClF2NO2/c1-11(2)22-15-12(8-13(17)9-14(15)21-3)10-20-6-4-16(18,19)5-7-20/h8-9,11H,4-7,10H2,1-3H3. The lowest BCUT2D eigenvalue weighted by molar-refractivity contribution is -0.0567. The smallest absolute Gasteiger partial charge is 0.250 e. The Morgan fingerprint density at radius 2 is 1.91 bits per heavy atom. The van der Waals surface area contributed by atoms with Crippen LogP contribution in [0, 0.1) is 0 Å². The summed E-state index contributed by atoms with van der Waals surface area (Å²) in [6.45, 7) is 5.11. The number of hydrogen-bond donors (Lipinski definition) is 0. The van der Waals surface area contributed by atoms with Gasteiger partial charge in [0.2, 0.25) is 0 Å². The lowest BCUT2D eigenvalue weighted by Crippen LogP contribution is -2.38. The van der Waals surface area contributed by atoms with Crippen molar-refractivity contribution in [3.63, 3.8) is 0 Å². The summed E-state index contributed by atoms with van der Waals surface area (Å²) in [7, 11) is 1.56. The zero-order valence-corrected chi connectivity index (χ0v) is 13.9. The highest BCUT2D eigenvalue weighted by molar-refractivity contribution is 6.30. The SMILES string of the molecule is COc1cc(Cl)cc(CN2CCC(F)(F)CC2)c1OC(C)C. The molecule has 0 saturated carbocycles. The third-order valence-corrected chi connectivity index (χ3v) is 3.87. The van der Waals surface area contributed by atoms with Crippen LogP contribution in [-0.4, -0.2) is 37.1 Å². The number of nitrogens with zero attached hydrogens (tertiary/aromatic N) is 1. The van der Waals surface area contributed by atoms with Gasteiger partial charge in [-0.25, -0.2) is 8.78 Å². The van der Waals surface area contributed by atoms with Gasteiger partial charge in [-0.05, 0) is 19.9 Å². The maximum absolute atomic E-state index is 13.3. The highest BCUT2D eigenvalue weighted by Crippen LogP contribution is 2.37. The van der Waals surface area contributed by atoms with Gasteiger partial charge in [0.15, 0.2) is 11.5 Å². The van der Waals surface area contributed by atoms with E-state index in [9.17, 15) is 8.78 Å². The topological polar surface area (TPSA) is 21.7 Å². The molecular formula is C16H22ClF2NO2. The number of hydrogen-bond acceptors (Lipinski definition) is 3. The van der Waals surface area contributed by atoms with Gasteiger partial charge in [-0.2, -0.15) is 0 Å². The summed E-state index contributed by atoms with van der Waals surface area (Å²) >= 11 is 6.13. The van der Waals surface area contributed by atoms with Crippen molar-refractivity contribution in [1.29, 1.82) is 0 Å².